The number of esters is 1. The fourth-order valence-electron chi connectivity index (χ4n) is 2.83. The molecule has 0 radical (unpaired) electrons. The number of carbonyl (C=O) groups excluding carboxylic acids is 1. The quantitative estimate of drug-likeness (QED) is 0.522. The molecule has 4 heteroatoms. The molecular formula is C20H32O4. The van der Waals surface area contributed by atoms with Crippen molar-refractivity contribution in [3.63, 3.8) is 0 Å². The van der Waals surface area contributed by atoms with Crippen LogP contribution >= 0.6 is 0 Å². The molecule has 0 aliphatic carbocycles. The predicted octanol–water partition coefficient (Wildman–Crippen LogP) is 3.83. The molecule has 2 atom stereocenters. The molecule has 0 fully saturated rings. The van der Waals surface area contributed by atoms with Crippen molar-refractivity contribution in [2.45, 2.75) is 77.9 Å². The molecule has 0 spiro atoms. The molecule has 0 saturated heterocycles. The molecule has 2 N–H and O–H groups in total. The van der Waals surface area contributed by atoms with Crippen LogP contribution in [-0.4, -0.2) is 34.5 Å². The van der Waals surface area contributed by atoms with E-state index >= 15 is 0 Å². The van der Waals surface area contributed by atoms with Crippen molar-refractivity contribution in [1.82, 2.24) is 0 Å². The Balaban J connectivity index is 2.64. The van der Waals surface area contributed by atoms with Gasteiger partial charge in [0.15, 0.2) is 0 Å². The number of aliphatic hydroxyl groups excluding tert-OH is 2. The highest BCUT2D eigenvalue weighted by Gasteiger charge is 2.38. The summed E-state index contributed by atoms with van der Waals surface area (Å²) in [4.78, 5) is 12.4. The van der Waals surface area contributed by atoms with E-state index in [9.17, 15) is 9.90 Å². The molecule has 0 bridgehead atoms. The highest BCUT2D eigenvalue weighted by molar-refractivity contribution is 5.89. The van der Waals surface area contributed by atoms with E-state index in [1.807, 2.05) is 33.8 Å². The lowest BCUT2D eigenvalue weighted by atomic mass is 9.89. The van der Waals surface area contributed by atoms with Crippen LogP contribution in [0.1, 0.15) is 66.2 Å². The summed E-state index contributed by atoms with van der Waals surface area (Å²) in [7, 11) is 0. The van der Waals surface area contributed by atoms with Crippen LogP contribution in [0.4, 0.5) is 0 Å². The zero-order chi connectivity index (χ0) is 18.2. The van der Waals surface area contributed by atoms with Gasteiger partial charge in [0.1, 0.15) is 5.60 Å². The molecule has 0 aromatic carbocycles. The number of cyclic esters (lactones) is 1. The number of aliphatic hydroxyl groups is 2. The van der Waals surface area contributed by atoms with Gasteiger partial charge in [0.05, 0.1) is 12.7 Å². The summed E-state index contributed by atoms with van der Waals surface area (Å²) in [6, 6.07) is 0. The zero-order valence-corrected chi connectivity index (χ0v) is 15.5. The van der Waals surface area contributed by atoms with Gasteiger partial charge in [-0.3, -0.25) is 0 Å². The predicted molar refractivity (Wildman–Crippen MR) is 96.6 cm³/mol. The number of hydrogen-bond acceptors (Lipinski definition) is 4. The van der Waals surface area contributed by atoms with Crippen LogP contribution in [0.2, 0.25) is 0 Å². The van der Waals surface area contributed by atoms with Gasteiger partial charge in [-0.1, -0.05) is 29.4 Å². The molecule has 0 aromatic heterocycles. The van der Waals surface area contributed by atoms with Crippen molar-refractivity contribution in [3.05, 3.63) is 34.9 Å². The number of ether oxygens (including phenoxy) is 1. The molecule has 0 unspecified atom stereocenters. The van der Waals surface area contributed by atoms with Crippen molar-refractivity contribution >= 4 is 5.97 Å². The standard InChI is InChI=1S/C20H32O4/c1-15(2)7-5-8-17-9-6-13-20(4,24-19(17)23)18(22)11-10-16(3)12-14-21/h7,9,12,18,21-22H,5-6,8,10-11,13-14H2,1-4H3/b16-12+/t18-,20-/m1/s1. The molecule has 4 nitrogen and oxygen atoms in total. The minimum atomic E-state index is -0.856. The van der Waals surface area contributed by atoms with Gasteiger partial charge in [0, 0.05) is 5.57 Å². The van der Waals surface area contributed by atoms with Gasteiger partial charge in [-0.15, -0.1) is 0 Å². The SMILES string of the molecule is CC(C)=CCCC1=CCC[C@](C)([C@H](O)CC/C(C)=C/CO)OC1=O. The molecule has 0 amide bonds. The molecule has 0 aromatic rings. The second-order valence-electron chi connectivity index (χ2n) is 7.08. The minimum Gasteiger partial charge on any atom is -0.453 e. The van der Waals surface area contributed by atoms with E-state index < -0.39 is 11.7 Å². The van der Waals surface area contributed by atoms with E-state index in [2.05, 4.69) is 6.08 Å². The van der Waals surface area contributed by atoms with Crippen LogP contribution in [0.3, 0.4) is 0 Å². The second kappa shape index (κ2) is 9.80. The Hall–Kier alpha value is -1.39. The summed E-state index contributed by atoms with van der Waals surface area (Å²) in [6.07, 6.45) is 9.13. The van der Waals surface area contributed by atoms with Crippen LogP contribution in [-0.2, 0) is 9.53 Å². The van der Waals surface area contributed by atoms with Crippen molar-refractivity contribution in [3.8, 4) is 0 Å². The Morgan fingerprint density at radius 1 is 1.38 bits per heavy atom. The first kappa shape index (κ1) is 20.7. The van der Waals surface area contributed by atoms with E-state index in [1.54, 1.807) is 6.08 Å². The van der Waals surface area contributed by atoms with E-state index in [4.69, 9.17) is 9.84 Å². The molecule has 24 heavy (non-hydrogen) atoms. The van der Waals surface area contributed by atoms with Crippen LogP contribution < -0.4 is 0 Å². The molecule has 136 valence electrons. The van der Waals surface area contributed by atoms with Crippen LogP contribution in [0.25, 0.3) is 0 Å². The topological polar surface area (TPSA) is 66.8 Å². The highest BCUT2D eigenvalue weighted by atomic mass is 16.6. The second-order valence-corrected chi connectivity index (χ2v) is 7.08. The van der Waals surface area contributed by atoms with Gasteiger partial charge in [0.25, 0.3) is 0 Å². The fraction of sp³-hybridized carbons (Fsp3) is 0.650. The Labute approximate surface area is 145 Å². The minimum absolute atomic E-state index is 0.00709. The van der Waals surface area contributed by atoms with Crippen LogP contribution in [0.15, 0.2) is 34.9 Å². The summed E-state index contributed by atoms with van der Waals surface area (Å²) in [6.45, 7) is 7.83. The third-order valence-electron chi connectivity index (χ3n) is 4.54. The summed E-state index contributed by atoms with van der Waals surface area (Å²) in [5.41, 5.74) is 2.12. The first-order chi connectivity index (χ1) is 11.3. The average Bonchev–Trinajstić information content (AvgIpc) is 2.64. The number of carbonyl (C=O) groups is 1. The maximum Gasteiger partial charge on any atom is 0.334 e. The molecule has 1 rings (SSSR count). The monoisotopic (exact) mass is 336 g/mol. The first-order valence-electron chi connectivity index (χ1n) is 8.79. The van der Waals surface area contributed by atoms with E-state index in [0.29, 0.717) is 31.3 Å². The maximum atomic E-state index is 12.4. The van der Waals surface area contributed by atoms with Crippen molar-refractivity contribution in [2.24, 2.45) is 0 Å². The number of hydrogen-bond donors (Lipinski definition) is 2. The lowest BCUT2D eigenvalue weighted by Gasteiger charge is -2.33. The third-order valence-corrected chi connectivity index (χ3v) is 4.54. The summed E-state index contributed by atoms with van der Waals surface area (Å²) in [5, 5.41) is 19.4. The van der Waals surface area contributed by atoms with Gasteiger partial charge in [0.2, 0.25) is 0 Å². The van der Waals surface area contributed by atoms with Gasteiger partial charge in [-0.25, -0.2) is 4.79 Å². The number of rotatable bonds is 8. The Bertz CT molecular complexity index is 512. The maximum absolute atomic E-state index is 12.4. The Morgan fingerprint density at radius 3 is 2.71 bits per heavy atom. The van der Waals surface area contributed by atoms with Gasteiger partial charge >= 0.3 is 5.97 Å². The molecule has 1 heterocycles. The Kier molecular flexibility index (Phi) is 8.43. The molecule has 1 aliphatic rings. The largest absolute Gasteiger partial charge is 0.453 e. The van der Waals surface area contributed by atoms with Crippen LogP contribution in [0, 0.1) is 0 Å². The normalized spacial score (nSPS) is 23.2. The zero-order valence-electron chi connectivity index (χ0n) is 15.5. The van der Waals surface area contributed by atoms with Gasteiger partial charge < -0.3 is 14.9 Å². The van der Waals surface area contributed by atoms with E-state index in [-0.39, 0.29) is 12.6 Å². The van der Waals surface area contributed by atoms with E-state index in [0.717, 1.165) is 18.4 Å². The first-order valence-corrected chi connectivity index (χ1v) is 8.79. The lowest BCUT2D eigenvalue weighted by Crippen LogP contribution is -2.43. The highest BCUT2D eigenvalue weighted by Crippen LogP contribution is 2.31. The van der Waals surface area contributed by atoms with Crippen molar-refractivity contribution in [2.75, 3.05) is 6.61 Å². The molecule has 1 aliphatic heterocycles. The summed E-state index contributed by atoms with van der Waals surface area (Å²) in [5.74, 6) is -0.307. The molecule has 0 saturated carbocycles. The smallest absolute Gasteiger partial charge is 0.334 e. The molecular weight excluding hydrogens is 304 g/mol. The van der Waals surface area contributed by atoms with Gasteiger partial charge in [-0.05, 0) is 66.2 Å². The van der Waals surface area contributed by atoms with Gasteiger partial charge in [-0.2, -0.15) is 0 Å². The fourth-order valence-corrected chi connectivity index (χ4v) is 2.83. The Morgan fingerprint density at radius 2 is 2.08 bits per heavy atom. The van der Waals surface area contributed by atoms with Crippen molar-refractivity contribution in [1.29, 1.82) is 0 Å². The third kappa shape index (κ3) is 6.62. The average molecular weight is 336 g/mol. The van der Waals surface area contributed by atoms with Crippen molar-refractivity contribution < 1.29 is 19.7 Å². The number of allylic oxidation sites excluding steroid dienone is 4. The summed E-state index contributed by atoms with van der Waals surface area (Å²) < 4.78 is 5.68. The van der Waals surface area contributed by atoms with Crippen LogP contribution in [0.5, 0.6) is 0 Å². The van der Waals surface area contributed by atoms with E-state index in [1.165, 1.54) is 5.57 Å². The lowest BCUT2D eigenvalue weighted by molar-refractivity contribution is -0.166. The summed E-state index contributed by atoms with van der Waals surface area (Å²) >= 11 is 0.